The summed E-state index contributed by atoms with van der Waals surface area (Å²) in [5.41, 5.74) is 1.22. The van der Waals surface area contributed by atoms with E-state index in [-0.39, 0.29) is 11.5 Å². The molecule has 1 aliphatic heterocycles. The summed E-state index contributed by atoms with van der Waals surface area (Å²) in [6, 6.07) is 15.0. The Hall–Kier alpha value is -2.40. The third kappa shape index (κ3) is 2.55. The van der Waals surface area contributed by atoms with Gasteiger partial charge in [-0.1, -0.05) is 35.8 Å². The second-order valence-corrected chi connectivity index (χ2v) is 7.04. The van der Waals surface area contributed by atoms with Gasteiger partial charge in [0.15, 0.2) is 0 Å². The Kier molecular flexibility index (Phi) is 3.94. The molecule has 1 saturated heterocycles. The zero-order chi connectivity index (χ0) is 16.5. The van der Waals surface area contributed by atoms with E-state index < -0.39 is 0 Å². The molecule has 0 aliphatic carbocycles. The van der Waals surface area contributed by atoms with Gasteiger partial charge < -0.3 is 4.90 Å². The SMILES string of the molecule is O=C(c1ccccc1-n1sc2ccccc2c1=O)N1CCCCC1. The Morgan fingerprint density at radius 1 is 0.917 bits per heavy atom. The summed E-state index contributed by atoms with van der Waals surface area (Å²) in [6.07, 6.45) is 3.29. The molecule has 1 aromatic heterocycles. The molecule has 4 nitrogen and oxygen atoms in total. The van der Waals surface area contributed by atoms with Crippen LogP contribution in [0.2, 0.25) is 0 Å². The number of amides is 1. The van der Waals surface area contributed by atoms with Gasteiger partial charge in [0.1, 0.15) is 0 Å². The van der Waals surface area contributed by atoms with Crippen LogP contribution < -0.4 is 5.56 Å². The summed E-state index contributed by atoms with van der Waals surface area (Å²) in [7, 11) is 0. The Morgan fingerprint density at radius 2 is 1.62 bits per heavy atom. The van der Waals surface area contributed by atoms with Crippen molar-refractivity contribution >= 4 is 27.5 Å². The minimum Gasteiger partial charge on any atom is -0.339 e. The first-order valence-corrected chi connectivity index (χ1v) is 9.03. The lowest BCUT2D eigenvalue weighted by Crippen LogP contribution is -2.36. The first kappa shape index (κ1) is 15.1. The fourth-order valence-corrected chi connectivity index (χ4v) is 4.26. The molecule has 2 aromatic carbocycles. The summed E-state index contributed by atoms with van der Waals surface area (Å²) in [5.74, 6) is 0.0228. The van der Waals surface area contributed by atoms with Crippen molar-refractivity contribution in [2.45, 2.75) is 19.3 Å². The van der Waals surface area contributed by atoms with Crippen molar-refractivity contribution in [1.82, 2.24) is 8.86 Å². The van der Waals surface area contributed by atoms with E-state index in [1.54, 1.807) is 3.96 Å². The highest BCUT2D eigenvalue weighted by Gasteiger charge is 2.22. The molecule has 5 heteroatoms. The van der Waals surface area contributed by atoms with Crippen molar-refractivity contribution in [3.8, 4) is 5.69 Å². The van der Waals surface area contributed by atoms with E-state index in [2.05, 4.69) is 0 Å². The molecule has 0 N–H and O–H groups in total. The molecule has 1 fully saturated rings. The molecule has 0 unspecified atom stereocenters. The molecule has 0 atom stereocenters. The number of hydrogen-bond donors (Lipinski definition) is 0. The van der Waals surface area contributed by atoms with Crippen LogP contribution in [0.4, 0.5) is 0 Å². The van der Waals surface area contributed by atoms with Crippen molar-refractivity contribution in [2.24, 2.45) is 0 Å². The van der Waals surface area contributed by atoms with Crippen LogP contribution in [0.3, 0.4) is 0 Å². The fourth-order valence-electron chi connectivity index (χ4n) is 3.23. The summed E-state index contributed by atoms with van der Waals surface area (Å²) >= 11 is 1.39. The average molecular weight is 338 g/mol. The number of nitrogens with zero attached hydrogens (tertiary/aromatic N) is 2. The fraction of sp³-hybridized carbons (Fsp3) is 0.263. The lowest BCUT2D eigenvalue weighted by molar-refractivity contribution is 0.0724. The lowest BCUT2D eigenvalue weighted by atomic mass is 10.1. The van der Waals surface area contributed by atoms with Crippen LogP contribution in [0, 0.1) is 0 Å². The van der Waals surface area contributed by atoms with Crippen LogP contribution in [-0.2, 0) is 0 Å². The molecule has 0 radical (unpaired) electrons. The van der Waals surface area contributed by atoms with E-state index in [9.17, 15) is 9.59 Å². The van der Waals surface area contributed by atoms with Gasteiger partial charge in [-0.05, 0) is 43.5 Å². The zero-order valence-electron chi connectivity index (χ0n) is 13.3. The maximum absolute atomic E-state index is 12.9. The van der Waals surface area contributed by atoms with E-state index in [0.29, 0.717) is 16.6 Å². The van der Waals surface area contributed by atoms with Crippen LogP contribution in [0.25, 0.3) is 15.8 Å². The molecule has 3 aromatic rings. The van der Waals surface area contributed by atoms with Gasteiger partial charge in [0.25, 0.3) is 11.5 Å². The number of carbonyl (C=O) groups is 1. The second kappa shape index (κ2) is 6.24. The van der Waals surface area contributed by atoms with Crippen LogP contribution in [0.1, 0.15) is 29.6 Å². The molecule has 24 heavy (non-hydrogen) atoms. The summed E-state index contributed by atoms with van der Waals surface area (Å²) in [6.45, 7) is 1.60. The lowest BCUT2D eigenvalue weighted by Gasteiger charge is -2.27. The molecule has 0 saturated carbocycles. The number of carbonyl (C=O) groups excluding carboxylic acids is 1. The van der Waals surface area contributed by atoms with Gasteiger partial charge in [-0.25, -0.2) is 3.96 Å². The van der Waals surface area contributed by atoms with Crippen molar-refractivity contribution < 1.29 is 4.79 Å². The summed E-state index contributed by atoms with van der Waals surface area (Å²) in [4.78, 5) is 27.6. The highest BCUT2D eigenvalue weighted by atomic mass is 32.1. The Bertz CT molecular complexity index is 951. The van der Waals surface area contributed by atoms with Gasteiger partial charge in [-0.2, -0.15) is 0 Å². The highest BCUT2D eigenvalue weighted by molar-refractivity contribution is 7.14. The first-order valence-electron chi connectivity index (χ1n) is 8.25. The second-order valence-electron chi connectivity index (χ2n) is 6.06. The summed E-state index contributed by atoms with van der Waals surface area (Å²) in [5, 5.41) is 0.697. The number of piperidine rings is 1. The van der Waals surface area contributed by atoms with Crippen LogP contribution in [0.15, 0.2) is 53.3 Å². The smallest absolute Gasteiger partial charge is 0.273 e. The number of fused-ring (bicyclic) bond motifs is 1. The average Bonchev–Trinajstić information content (AvgIpc) is 2.99. The van der Waals surface area contributed by atoms with Crippen LogP contribution in [-0.4, -0.2) is 27.9 Å². The van der Waals surface area contributed by atoms with Gasteiger partial charge in [-0.15, -0.1) is 0 Å². The first-order chi connectivity index (χ1) is 11.8. The number of rotatable bonds is 2. The van der Waals surface area contributed by atoms with Gasteiger partial charge in [0.2, 0.25) is 0 Å². The molecule has 1 aliphatic rings. The van der Waals surface area contributed by atoms with Crippen molar-refractivity contribution in [2.75, 3.05) is 13.1 Å². The van der Waals surface area contributed by atoms with Crippen LogP contribution in [0.5, 0.6) is 0 Å². The van der Waals surface area contributed by atoms with E-state index in [4.69, 9.17) is 0 Å². The minimum absolute atomic E-state index is 0.0228. The molecule has 0 spiro atoms. The Balaban J connectivity index is 1.82. The molecular formula is C19H18N2O2S. The standard InChI is InChI=1S/C19H18N2O2S/c22-18(20-12-6-1-7-13-20)14-8-2-4-10-16(14)21-19(23)15-9-3-5-11-17(15)24-21/h2-5,8-11H,1,6-7,12-13H2. The van der Waals surface area contributed by atoms with Crippen molar-refractivity contribution in [3.05, 3.63) is 64.4 Å². The van der Waals surface area contributed by atoms with Crippen molar-refractivity contribution in [1.29, 1.82) is 0 Å². The molecule has 2 heterocycles. The number of para-hydroxylation sites is 1. The molecule has 122 valence electrons. The maximum Gasteiger partial charge on any atom is 0.273 e. The highest BCUT2D eigenvalue weighted by Crippen LogP contribution is 2.24. The molecular weight excluding hydrogens is 320 g/mol. The minimum atomic E-state index is -0.0607. The zero-order valence-corrected chi connectivity index (χ0v) is 14.1. The topological polar surface area (TPSA) is 42.3 Å². The van der Waals surface area contributed by atoms with E-state index in [1.165, 1.54) is 18.0 Å². The van der Waals surface area contributed by atoms with Gasteiger partial charge in [0.05, 0.1) is 21.3 Å². The monoisotopic (exact) mass is 338 g/mol. The molecule has 0 bridgehead atoms. The number of benzene rings is 2. The third-order valence-electron chi connectivity index (χ3n) is 4.49. The maximum atomic E-state index is 12.9. The normalized spacial score (nSPS) is 14.9. The van der Waals surface area contributed by atoms with Gasteiger partial charge >= 0.3 is 0 Å². The quantitative estimate of drug-likeness (QED) is 0.715. The Morgan fingerprint density at radius 3 is 2.42 bits per heavy atom. The largest absolute Gasteiger partial charge is 0.339 e. The third-order valence-corrected chi connectivity index (χ3v) is 5.59. The number of aromatic nitrogens is 1. The predicted molar refractivity (Wildman–Crippen MR) is 97.2 cm³/mol. The van der Waals surface area contributed by atoms with Crippen LogP contribution >= 0.6 is 11.5 Å². The summed E-state index contributed by atoms with van der Waals surface area (Å²) < 4.78 is 2.57. The van der Waals surface area contributed by atoms with E-state index in [0.717, 1.165) is 30.6 Å². The van der Waals surface area contributed by atoms with E-state index >= 15 is 0 Å². The Labute approximate surface area is 144 Å². The molecule has 1 amide bonds. The molecule has 4 rings (SSSR count). The van der Waals surface area contributed by atoms with E-state index in [1.807, 2.05) is 53.4 Å². The van der Waals surface area contributed by atoms with Gasteiger partial charge in [0, 0.05) is 13.1 Å². The van der Waals surface area contributed by atoms with Gasteiger partial charge in [-0.3, -0.25) is 9.59 Å². The van der Waals surface area contributed by atoms with Crippen molar-refractivity contribution in [3.63, 3.8) is 0 Å². The number of likely N-dealkylation sites (tertiary alicyclic amines) is 1. The number of hydrogen-bond acceptors (Lipinski definition) is 3. The predicted octanol–water partition coefficient (Wildman–Crippen LogP) is 3.68.